The Morgan fingerprint density at radius 1 is 1.50 bits per heavy atom. The third kappa shape index (κ3) is 1.03. The van der Waals surface area contributed by atoms with Gasteiger partial charge in [0.25, 0.3) is 0 Å². The maximum absolute atomic E-state index is 5.26. The Hall–Kier alpha value is -0.0400. The van der Waals surface area contributed by atoms with E-state index in [9.17, 15) is 0 Å². The van der Waals surface area contributed by atoms with E-state index in [2.05, 4.69) is 13.8 Å². The van der Waals surface area contributed by atoms with Gasteiger partial charge >= 0.3 is 0 Å². The Bertz CT molecular complexity index is 70.8. The van der Waals surface area contributed by atoms with Gasteiger partial charge in [0.1, 0.15) is 0 Å². The molecule has 8 heavy (non-hydrogen) atoms. The minimum atomic E-state index is 0.806. The first-order chi connectivity index (χ1) is 3.84. The number of rotatable bonds is 1. The molecule has 1 saturated heterocycles. The van der Waals surface area contributed by atoms with Crippen molar-refractivity contribution in [3.8, 4) is 0 Å². The molecule has 0 aromatic heterocycles. The van der Waals surface area contributed by atoms with Crippen molar-refractivity contribution in [3.05, 3.63) is 0 Å². The van der Waals surface area contributed by atoms with Gasteiger partial charge in [-0.1, -0.05) is 20.3 Å². The summed E-state index contributed by atoms with van der Waals surface area (Å²) in [6.07, 6.45) is 1.28. The molecule has 1 heterocycles. The van der Waals surface area contributed by atoms with Crippen LogP contribution in [0.25, 0.3) is 0 Å². The highest BCUT2D eigenvalue weighted by Crippen LogP contribution is 2.21. The van der Waals surface area contributed by atoms with Crippen LogP contribution in [-0.4, -0.2) is 13.2 Å². The first-order valence-electron chi connectivity index (χ1n) is 3.42. The van der Waals surface area contributed by atoms with Crippen LogP contribution in [0, 0.1) is 11.8 Å². The minimum absolute atomic E-state index is 0.806. The van der Waals surface area contributed by atoms with E-state index in [0.717, 1.165) is 25.0 Å². The van der Waals surface area contributed by atoms with E-state index in [4.69, 9.17) is 4.74 Å². The molecule has 2 atom stereocenters. The number of hydrogen-bond donors (Lipinski definition) is 0. The Kier molecular flexibility index (Phi) is 1.90. The molecule has 1 aliphatic heterocycles. The quantitative estimate of drug-likeness (QED) is 0.504. The SMILES string of the molecule is CCC1COC[C@@H]1C. The van der Waals surface area contributed by atoms with E-state index < -0.39 is 0 Å². The Balaban J connectivity index is 2.30. The largest absolute Gasteiger partial charge is 0.381 e. The van der Waals surface area contributed by atoms with E-state index >= 15 is 0 Å². The van der Waals surface area contributed by atoms with Crippen molar-refractivity contribution >= 4 is 0 Å². The fraction of sp³-hybridized carbons (Fsp3) is 1.00. The second kappa shape index (κ2) is 2.49. The Morgan fingerprint density at radius 2 is 2.25 bits per heavy atom. The van der Waals surface area contributed by atoms with Gasteiger partial charge in [-0.25, -0.2) is 0 Å². The lowest BCUT2D eigenvalue weighted by Gasteiger charge is -2.07. The van der Waals surface area contributed by atoms with E-state index in [0.29, 0.717) is 0 Å². The molecule has 0 aromatic rings. The lowest BCUT2D eigenvalue weighted by molar-refractivity contribution is 0.181. The van der Waals surface area contributed by atoms with Crippen LogP contribution >= 0.6 is 0 Å². The summed E-state index contributed by atoms with van der Waals surface area (Å²) in [5.41, 5.74) is 0. The topological polar surface area (TPSA) is 9.23 Å². The highest BCUT2D eigenvalue weighted by molar-refractivity contribution is 4.69. The van der Waals surface area contributed by atoms with Crippen LogP contribution in [0.2, 0.25) is 0 Å². The normalized spacial score (nSPS) is 38.2. The van der Waals surface area contributed by atoms with Gasteiger partial charge in [0.05, 0.1) is 0 Å². The van der Waals surface area contributed by atoms with Crippen LogP contribution < -0.4 is 0 Å². The predicted octanol–water partition coefficient (Wildman–Crippen LogP) is 1.68. The summed E-state index contributed by atoms with van der Waals surface area (Å²) < 4.78 is 5.26. The first kappa shape index (κ1) is 6.09. The Morgan fingerprint density at radius 3 is 2.50 bits per heavy atom. The number of hydrogen-bond acceptors (Lipinski definition) is 1. The smallest absolute Gasteiger partial charge is 0.0497 e. The summed E-state index contributed by atoms with van der Waals surface area (Å²) in [7, 11) is 0. The third-order valence-electron chi connectivity index (χ3n) is 2.04. The van der Waals surface area contributed by atoms with Crippen molar-refractivity contribution in [3.63, 3.8) is 0 Å². The average molecular weight is 114 g/mol. The van der Waals surface area contributed by atoms with Crippen LogP contribution in [0.15, 0.2) is 0 Å². The van der Waals surface area contributed by atoms with Gasteiger partial charge in [0.15, 0.2) is 0 Å². The molecule has 0 spiro atoms. The van der Waals surface area contributed by atoms with Crippen molar-refractivity contribution in [2.24, 2.45) is 11.8 Å². The summed E-state index contributed by atoms with van der Waals surface area (Å²) in [6, 6.07) is 0. The molecule has 0 amide bonds. The van der Waals surface area contributed by atoms with Gasteiger partial charge < -0.3 is 4.74 Å². The standard InChI is InChI=1S/C7H14O/c1-3-7-5-8-4-6(7)2/h6-7H,3-5H2,1-2H3/t6-,7?/m0/s1. The highest BCUT2D eigenvalue weighted by Gasteiger charge is 2.21. The molecule has 1 heteroatoms. The van der Waals surface area contributed by atoms with E-state index in [1.54, 1.807) is 0 Å². The molecule has 1 unspecified atom stereocenters. The van der Waals surface area contributed by atoms with E-state index in [-0.39, 0.29) is 0 Å². The van der Waals surface area contributed by atoms with Gasteiger partial charge in [-0.05, 0) is 11.8 Å². The molecule has 1 nitrogen and oxygen atoms in total. The fourth-order valence-corrected chi connectivity index (χ4v) is 1.23. The van der Waals surface area contributed by atoms with Crippen LogP contribution in [0.5, 0.6) is 0 Å². The molecule has 0 aromatic carbocycles. The van der Waals surface area contributed by atoms with Crippen LogP contribution in [0.1, 0.15) is 20.3 Å². The van der Waals surface area contributed by atoms with Gasteiger partial charge in [0, 0.05) is 13.2 Å². The summed E-state index contributed by atoms with van der Waals surface area (Å²) in [6.45, 7) is 6.48. The maximum Gasteiger partial charge on any atom is 0.0497 e. The summed E-state index contributed by atoms with van der Waals surface area (Å²) in [5, 5.41) is 0. The first-order valence-corrected chi connectivity index (χ1v) is 3.42. The molecular formula is C7H14O. The monoisotopic (exact) mass is 114 g/mol. The van der Waals surface area contributed by atoms with Crippen molar-refractivity contribution in [1.82, 2.24) is 0 Å². The Labute approximate surface area is 51.0 Å². The molecule has 1 rings (SSSR count). The van der Waals surface area contributed by atoms with Crippen molar-refractivity contribution in [2.75, 3.05) is 13.2 Å². The summed E-state index contributed by atoms with van der Waals surface area (Å²) >= 11 is 0. The predicted molar refractivity (Wildman–Crippen MR) is 33.8 cm³/mol. The van der Waals surface area contributed by atoms with Gasteiger partial charge in [-0.3, -0.25) is 0 Å². The molecule has 0 radical (unpaired) electrons. The second-order valence-corrected chi connectivity index (χ2v) is 2.68. The summed E-state index contributed by atoms with van der Waals surface area (Å²) in [5.74, 6) is 1.65. The zero-order chi connectivity index (χ0) is 5.98. The summed E-state index contributed by atoms with van der Waals surface area (Å²) in [4.78, 5) is 0. The third-order valence-corrected chi connectivity index (χ3v) is 2.04. The molecule has 1 fully saturated rings. The van der Waals surface area contributed by atoms with Crippen LogP contribution in [0.4, 0.5) is 0 Å². The lowest BCUT2D eigenvalue weighted by atomic mass is 9.96. The van der Waals surface area contributed by atoms with Crippen molar-refractivity contribution in [1.29, 1.82) is 0 Å². The molecule has 0 bridgehead atoms. The lowest BCUT2D eigenvalue weighted by Crippen LogP contribution is -2.06. The zero-order valence-corrected chi connectivity index (χ0v) is 5.68. The minimum Gasteiger partial charge on any atom is -0.381 e. The van der Waals surface area contributed by atoms with Gasteiger partial charge in [0.2, 0.25) is 0 Å². The zero-order valence-electron chi connectivity index (χ0n) is 5.68. The average Bonchev–Trinajstić information content (AvgIpc) is 2.14. The molecule has 0 saturated carbocycles. The maximum atomic E-state index is 5.26. The van der Waals surface area contributed by atoms with Gasteiger partial charge in [-0.15, -0.1) is 0 Å². The van der Waals surface area contributed by atoms with E-state index in [1.165, 1.54) is 6.42 Å². The van der Waals surface area contributed by atoms with Crippen molar-refractivity contribution < 1.29 is 4.74 Å². The highest BCUT2D eigenvalue weighted by atomic mass is 16.5. The molecule has 0 aliphatic carbocycles. The molecular weight excluding hydrogens is 100 g/mol. The fourth-order valence-electron chi connectivity index (χ4n) is 1.23. The second-order valence-electron chi connectivity index (χ2n) is 2.68. The van der Waals surface area contributed by atoms with Crippen LogP contribution in [-0.2, 0) is 4.74 Å². The van der Waals surface area contributed by atoms with E-state index in [1.807, 2.05) is 0 Å². The van der Waals surface area contributed by atoms with Gasteiger partial charge in [-0.2, -0.15) is 0 Å². The molecule has 48 valence electrons. The van der Waals surface area contributed by atoms with Crippen LogP contribution in [0.3, 0.4) is 0 Å². The van der Waals surface area contributed by atoms with Crippen molar-refractivity contribution in [2.45, 2.75) is 20.3 Å². The number of ether oxygens (including phenoxy) is 1. The molecule has 0 N–H and O–H groups in total. The molecule has 1 aliphatic rings.